The van der Waals surface area contributed by atoms with Crippen molar-refractivity contribution in [1.29, 1.82) is 0 Å². The van der Waals surface area contributed by atoms with E-state index in [4.69, 9.17) is 4.52 Å². The molecule has 1 amide bonds. The van der Waals surface area contributed by atoms with E-state index in [-0.39, 0.29) is 5.91 Å². The van der Waals surface area contributed by atoms with Crippen molar-refractivity contribution in [1.82, 2.24) is 0 Å². The van der Waals surface area contributed by atoms with Gasteiger partial charge in [-0.1, -0.05) is 0 Å². The number of nitrogens with zero attached hydrogens (tertiary/aromatic N) is 1. The van der Waals surface area contributed by atoms with Crippen LogP contribution < -0.4 is 14.8 Å². The first kappa shape index (κ1) is 18.7. The number of rotatable bonds is 6. The zero-order chi connectivity index (χ0) is 19.4. The summed E-state index contributed by atoms with van der Waals surface area (Å²) in [5.41, 5.74) is 2.31. The summed E-state index contributed by atoms with van der Waals surface area (Å²) in [7, 11) is -3.42. The van der Waals surface area contributed by atoms with E-state index in [1.807, 2.05) is 12.1 Å². The van der Waals surface area contributed by atoms with E-state index >= 15 is 0 Å². The smallest absolute Gasteiger partial charge is 0.258 e. The van der Waals surface area contributed by atoms with E-state index in [9.17, 15) is 13.2 Å². The number of carbonyl (C=O) groups excluding carboxylic acids is 1. The lowest BCUT2D eigenvalue weighted by molar-refractivity contribution is -0.784. The largest absolute Gasteiger partial charge is 0.322 e. The minimum atomic E-state index is -3.42. The average Bonchev–Trinajstić information content (AvgIpc) is 3.17. The van der Waals surface area contributed by atoms with Gasteiger partial charge in [-0.05, 0) is 50.2 Å². The van der Waals surface area contributed by atoms with Gasteiger partial charge in [0.1, 0.15) is 0 Å². The molecule has 3 aromatic rings. The maximum Gasteiger partial charge on any atom is 0.258 e. The van der Waals surface area contributed by atoms with Gasteiger partial charge in [0.05, 0.1) is 5.25 Å². The third-order valence-corrected chi connectivity index (χ3v) is 5.64. The van der Waals surface area contributed by atoms with Crippen molar-refractivity contribution in [2.75, 3.05) is 10.0 Å². The molecule has 0 aliphatic rings. The number of carbonyl (C=O) groups is 1. The van der Waals surface area contributed by atoms with Crippen molar-refractivity contribution >= 4 is 27.3 Å². The number of sulfonamides is 1. The topological polar surface area (TPSA) is 92.3 Å². The van der Waals surface area contributed by atoms with E-state index < -0.39 is 15.3 Å². The molecule has 2 aromatic carbocycles. The third-order valence-electron chi connectivity index (χ3n) is 3.88. The first-order valence-corrected chi connectivity index (χ1v) is 9.89. The van der Waals surface area contributed by atoms with Crippen LogP contribution >= 0.6 is 0 Å². The van der Waals surface area contributed by atoms with Crippen LogP contribution in [-0.2, 0) is 10.0 Å². The Labute approximate surface area is 157 Å². The average molecular weight is 386 g/mol. The molecule has 2 N–H and O–H groups in total. The molecule has 0 radical (unpaired) electrons. The highest BCUT2D eigenvalue weighted by Crippen LogP contribution is 2.15. The number of anilines is 2. The molecule has 0 atom stereocenters. The lowest BCUT2D eigenvalue weighted by atomic mass is 10.2. The predicted molar refractivity (Wildman–Crippen MR) is 102 cm³/mol. The lowest BCUT2D eigenvalue weighted by Gasteiger charge is -2.11. The van der Waals surface area contributed by atoms with Crippen LogP contribution in [0.25, 0.3) is 5.69 Å². The Morgan fingerprint density at radius 3 is 2.19 bits per heavy atom. The zero-order valence-corrected chi connectivity index (χ0v) is 15.7. The van der Waals surface area contributed by atoms with Gasteiger partial charge in [0.2, 0.25) is 16.2 Å². The van der Waals surface area contributed by atoms with Crippen LogP contribution in [0.4, 0.5) is 11.4 Å². The van der Waals surface area contributed by atoms with E-state index in [0.29, 0.717) is 16.9 Å². The molecule has 0 saturated heterocycles. The van der Waals surface area contributed by atoms with Crippen molar-refractivity contribution in [3.8, 4) is 5.69 Å². The molecule has 0 unspecified atom stereocenters. The van der Waals surface area contributed by atoms with E-state index in [1.54, 1.807) is 73.5 Å². The number of amides is 1. The SMILES string of the molecule is CC(C)S(=O)(=O)Nc1ccc(C(=O)Nc2ccc(-[n+]3ccco3)cc2)cc1. The fourth-order valence-electron chi connectivity index (χ4n) is 2.26. The van der Waals surface area contributed by atoms with Crippen LogP contribution in [-0.4, -0.2) is 19.6 Å². The van der Waals surface area contributed by atoms with Crippen molar-refractivity contribution in [3.63, 3.8) is 0 Å². The Balaban J connectivity index is 1.66. The molecule has 8 heteroatoms. The van der Waals surface area contributed by atoms with E-state index in [0.717, 1.165) is 5.69 Å². The molecule has 0 bridgehead atoms. The Morgan fingerprint density at radius 2 is 1.63 bits per heavy atom. The maximum absolute atomic E-state index is 12.4. The first-order chi connectivity index (χ1) is 12.8. The number of nitrogens with one attached hydrogen (secondary N) is 2. The number of aromatic nitrogens is 1. The lowest BCUT2D eigenvalue weighted by Crippen LogP contribution is -2.26. The van der Waals surface area contributed by atoms with Crippen molar-refractivity contribution in [3.05, 3.63) is 72.6 Å². The molecule has 0 fully saturated rings. The summed E-state index contributed by atoms with van der Waals surface area (Å²) in [6.07, 6.45) is 3.35. The van der Waals surface area contributed by atoms with Crippen LogP contribution in [0.3, 0.4) is 0 Å². The number of hydrogen-bond acceptors (Lipinski definition) is 4. The van der Waals surface area contributed by atoms with Crippen molar-refractivity contribution in [2.24, 2.45) is 0 Å². The summed E-state index contributed by atoms with van der Waals surface area (Å²) < 4.78 is 33.1. The van der Waals surface area contributed by atoms with E-state index in [1.165, 1.54) is 0 Å². The summed E-state index contributed by atoms with van der Waals surface area (Å²) in [4.78, 5) is 12.4. The zero-order valence-electron chi connectivity index (χ0n) is 14.9. The summed E-state index contributed by atoms with van der Waals surface area (Å²) in [6.45, 7) is 3.19. The quantitative estimate of drug-likeness (QED) is 0.637. The monoisotopic (exact) mass is 386 g/mol. The molecule has 1 aromatic heterocycles. The fraction of sp³-hybridized carbons (Fsp3) is 0.158. The van der Waals surface area contributed by atoms with Crippen LogP contribution in [0.1, 0.15) is 24.2 Å². The number of benzene rings is 2. The Hall–Kier alpha value is -3.13. The van der Waals surface area contributed by atoms with Crippen LogP contribution in [0.5, 0.6) is 0 Å². The van der Waals surface area contributed by atoms with Gasteiger partial charge in [-0.25, -0.2) is 12.9 Å². The molecule has 27 heavy (non-hydrogen) atoms. The van der Waals surface area contributed by atoms with Gasteiger partial charge in [0.25, 0.3) is 11.6 Å². The highest BCUT2D eigenvalue weighted by atomic mass is 32.2. The highest BCUT2D eigenvalue weighted by Gasteiger charge is 2.16. The Morgan fingerprint density at radius 1 is 1.00 bits per heavy atom. The van der Waals surface area contributed by atoms with Gasteiger partial charge >= 0.3 is 0 Å². The predicted octanol–water partition coefficient (Wildman–Crippen LogP) is 2.96. The molecule has 0 aliphatic heterocycles. The normalized spacial score (nSPS) is 11.4. The molecule has 140 valence electrons. The number of hydrogen-bond donors (Lipinski definition) is 2. The Kier molecular flexibility index (Phi) is 5.27. The van der Waals surface area contributed by atoms with Gasteiger partial charge in [-0.3, -0.25) is 9.52 Å². The molecule has 3 rings (SSSR count). The minimum absolute atomic E-state index is 0.285. The Bertz CT molecular complexity index is 1010. The van der Waals surface area contributed by atoms with Gasteiger partial charge in [-0.15, -0.1) is 0 Å². The third kappa shape index (κ3) is 4.53. The van der Waals surface area contributed by atoms with Crippen molar-refractivity contribution < 1.29 is 22.5 Å². The first-order valence-electron chi connectivity index (χ1n) is 8.34. The van der Waals surface area contributed by atoms with Gasteiger partial charge < -0.3 is 5.32 Å². The second-order valence-corrected chi connectivity index (χ2v) is 8.42. The van der Waals surface area contributed by atoms with E-state index in [2.05, 4.69) is 10.0 Å². The van der Waals surface area contributed by atoms with Crippen LogP contribution in [0.2, 0.25) is 0 Å². The highest BCUT2D eigenvalue weighted by molar-refractivity contribution is 7.93. The second kappa shape index (κ2) is 7.63. The minimum Gasteiger partial charge on any atom is -0.322 e. The summed E-state index contributed by atoms with van der Waals surface area (Å²) in [5.74, 6) is -0.285. The maximum atomic E-state index is 12.4. The molecular formula is C19H20N3O4S+. The molecule has 7 nitrogen and oxygen atoms in total. The fourth-order valence-corrected chi connectivity index (χ4v) is 2.96. The second-order valence-electron chi connectivity index (χ2n) is 6.18. The molecule has 0 saturated carbocycles. The summed E-state index contributed by atoms with van der Waals surface area (Å²) in [6, 6.07) is 15.2. The van der Waals surface area contributed by atoms with Gasteiger partial charge in [0.15, 0.2) is 6.26 Å². The van der Waals surface area contributed by atoms with Gasteiger partial charge in [0, 0.05) is 39.9 Å². The standard InChI is InChI=1S/C19H19N3O4S/c1-14(2)27(24,25)21-17-6-4-15(5-7-17)19(23)20-16-8-10-18(11-9-16)22-12-3-13-26-22/h3-14H,1-2H3,(H-,20,21,23)/p+1. The molecule has 0 aliphatic carbocycles. The summed E-state index contributed by atoms with van der Waals surface area (Å²) >= 11 is 0. The van der Waals surface area contributed by atoms with Gasteiger partial charge in [-0.2, -0.15) is 0 Å². The van der Waals surface area contributed by atoms with Crippen LogP contribution in [0.15, 0.2) is 71.6 Å². The molecule has 1 heterocycles. The molecule has 0 spiro atoms. The van der Waals surface area contributed by atoms with Crippen molar-refractivity contribution in [2.45, 2.75) is 19.1 Å². The summed E-state index contributed by atoms with van der Waals surface area (Å²) in [5, 5.41) is 2.26. The molecular weight excluding hydrogens is 366 g/mol. The van der Waals surface area contributed by atoms with Crippen LogP contribution in [0, 0.1) is 0 Å².